The normalized spacial score (nSPS) is 10.6. The summed E-state index contributed by atoms with van der Waals surface area (Å²) in [6.45, 7) is 4.07. The molecule has 0 heterocycles. The van der Waals surface area contributed by atoms with Gasteiger partial charge >= 0.3 is 0 Å². The van der Waals surface area contributed by atoms with Crippen LogP contribution in [0, 0.1) is 0 Å². The number of hydrazone groups is 1. The number of thioether (sulfide) groups is 1. The summed E-state index contributed by atoms with van der Waals surface area (Å²) in [4.78, 5) is 11.8. The number of hydrogen-bond acceptors (Lipinski definition) is 4. The second-order valence-corrected chi connectivity index (χ2v) is 6.50. The van der Waals surface area contributed by atoms with E-state index in [2.05, 4.69) is 17.1 Å². The van der Waals surface area contributed by atoms with Crippen LogP contribution in [0.5, 0.6) is 5.75 Å². The first-order chi connectivity index (χ1) is 12.2. The number of rotatable bonds is 9. The molecular formula is C19H19ClN2O2S. The van der Waals surface area contributed by atoms with Gasteiger partial charge in [-0.15, -0.1) is 11.8 Å². The molecule has 2 aromatic carbocycles. The van der Waals surface area contributed by atoms with Crippen molar-refractivity contribution < 1.29 is 9.53 Å². The Kier molecular flexibility index (Phi) is 8.09. The molecule has 0 fully saturated rings. The Bertz CT molecular complexity index is 715. The third-order valence-corrected chi connectivity index (χ3v) is 4.32. The van der Waals surface area contributed by atoms with Crippen molar-refractivity contribution in [3.05, 3.63) is 77.3 Å². The summed E-state index contributed by atoms with van der Waals surface area (Å²) in [7, 11) is 0. The highest BCUT2D eigenvalue weighted by Gasteiger charge is 2.01. The van der Waals surface area contributed by atoms with Gasteiger partial charge in [0.1, 0.15) is 12.4 Å². The lowest BCUT2D eigenvalue weighted by molar-refractivity contribution is -0.118. The molecule has 0 aliphatic rings. The maximum Gasteiger partial charge on any atom is 0.250 e. The molecule has 6 heteroatoms. The monoisotopic (exact) mass is 374 g/mol. The number of carbonyl (C=O) groups excluding carboxylic acids is 1. The van der Waals surface area contributed by atoms with Crippen LogP contribution in [-0.2, 0) is 10.5 Å². The van der Waals surface area contributed by atoms with Crippen LogP contribution in [0.1, 0.15) is 11.1 Å². The van der Waals surface area contributed by atoms with Crippen molar-refractivity contribution in [1.29, 1.82) is 0 Å². The number of hydrogen-bond donors (Lipinski definition) is 1. The molecule has 0 saturated heterocycles. The second kappa shape index (κ2) is 10.6. The van der Waals surface area contributed by atoms with Crippen molar-refractivity contribution >= 4 is 35.5 Å². The molecule has 130 valence electrons. The topological polar surface area (TPSA) is 50.7 Å². The standard InChI is InChI=1S/C19H19ClN2O2S/c1-2-11-24-18-9-5-15(6-10-18)12-21-22-19(23)14-25-13-16-3-7-17(20)8-4-16/h2-10,12H,1,11,13-14H2,(H,22,23)/b21-12+. The van der Waals surface area contributed by atoms with Gasteiger partial charge < -0.3 is 4.74 Å². The average molecular weight is 375 g/mol. The molecular weight excluding hydrogens is 356 g/mol. The average Bonchev–Trinajstić information content (AvgIpc) is 2.63. The summed E-state index contributed by atoms with van der Waals surface area (Å²) in [6, 6.07) is 15.0. The van der Waals surface area contributed by atoms with Gasteiger partial charge in [-0.1, -0.05) is 36.4 Å². The minimum Gasteiger partial charge on any atom is -0.490 e. The van der Waals surface area contributed by atoms with E-state index in [1.165, 1.54) is 11.8 Å². The number of amides is 1. The summed E-state index contributed by atoms with van der Waals surface area (Å²) in [5.41, 5.74) is 4.52. The molecule has 4 nitrogen and oxygen atoms in total. The summed E-state index contributed by atoms with van der Waals surface area (Å²) in [5, 5.41) is 4.67. The Morgan fingerprint density at radius 3 is 2.60 bits per heavy atom. The fraction of sp³-hybridized carbons (Fsp3) is 0.158. The largest absolute Gasteiger partial charge is 0.490 e. The molecule has 0 radical (unpaired) electrons. The van der Waals surface area contributed by atoms with Crippen LogP contribution >= 0.6 is 23.4 Å². The molecule has 1 N–H and O–H groups in total. The molecule has 1 amide bonds. The van der Waals surface area contributed by atoms with Crippen molar-refractivity contribution in [2.75, 3.05) is 12.4 Å². The van der Waals surface area contributed by atoms with Crippen LogP contribution in [0.4, 0.5) is 0 Å². The van der Waals surface area contributed by atoms with Gasteiger partial charge in [-0.3, -0.25) is 4.79 Å². The second-order valence-electron chi connectivity index (χ2n) is 5.08. The van der Waals surface area contributed by atoms with Crippen LogP contribution in [-0.4, -0.2) is 24.5 Å². The zero-order valence-corrected chi connectivity index (χ0v) is 15.2. The molecule has 25 heavy (non-hydrogen) atoms. The predicted octanol–water partition coefficient (Wildman–Crippen LogP) is 4.29. The molecule has 0 atom stereocenters. The van der Waals surface area contributed by atoms with Gasteiger partial charge in [0, 0.05) is 10.8 Å². The molecule has 0 saturated carbocycles. The Morgan fingerprint density at radius 1 is 1.20 bits per heavy atom. The SMILES string of the molecule is C=CCOc1ccc(/C=N/NC(=O)CSCc2ccc(Cl)cc2)cc1. The Labute approximate surface area is 156 Å². The minimum absolute atomic E-state index is 0.138. The van der Waals surface area contributed by atoms with E-state index in [4.69, 9.17) is 16.3 Å². The van der Waals surface area contributed by atoms with Gasteiger partial charge in [0.25, 0.3) is 0 Å². The number of halogens is 1. The zero-order valence-electron chi connectivity index (χ0n) is 13.7. The van der Waals surface area contributed by atoms with E-state index in [1.54, 1.807) is 12.3 Å². The number of nitrogens with zero attached hydrogens (tertiary/aromatic N) is 1. The smallest absolute Gasteiger partial charge is 0.250 e. The molecule has 0 aliphatic carbocycles. The van der Waals surface area contributed by atoms with Crippen LogP contribution < -0.4 is 10.2 Å². The van der Waals surface area contributed by atoms with Gasteiger partial charge in [-0.2, -0.15) is 5.10 Å². The summed E-state index contributed by atoms with van der Waals surface area (Å²) in [5.74, 6) is 1.72. The van der Waals surface area contributed by atoms with E-state index in [1.807, 2.05) is 48.5 Å². The lowest BCUT2D eigenvalue weighted by Crippen LogP contribution is -2.19. The van der Waals surface area contributed by atoms with E-state index >= 15 is 0 Å². The van der Waals surface area contributed by atoms with Gasteiger partial charge in [0.15, 0.2) is 0 Å². The van der Waals surface area contributed by atoms with Crippen LogP contribution in [0.3, 0.4) is 0 Å². The quantitative estimate of drug-likeness (QED) is 0.404. The van der Waals surface area contributed by atoms with Gasteiger partial charge in [0.2, 0.25) is 5.91 Å². The summed E-state index contributed by atoms with van der Waals surface area (Å²) >= 11 is 7.36. The number of ether oxygens (including phenoxy) is 1. The number of benzene rings is 2. The number of carbonyl (C=O) groups is 1. The maximum atomic E-state index is 11.8. The molecule has 2 aromatic rings. The lowest BCUT2D eigenvalue weighted by atomic mass is 10.2. The van der Waals surface area contributed by atoms with Crippen LogP contribution in [0.15, 0.2) is 66.3 Å². The summed E-state index contributed by atoms with van der Waals surface area (Å²) in [6.07, 6.45) is 3.29. The van der Waals surface area contributed by atoms with Gasteiger partial charge in [-0.05, 0) is 47.5 Å². The van der Waals surface area contributed by atoms with E-state index in [-0.39, 0.29) is 5.91 Å². The van der Waals surface area contributed by atoms with Gasteiger partial charge in [-0.25, -0.2) is 5.43 Å². The molecule has 0 bridgehead atoms. The van der Waals surface area contributed by atoms with Crippen molar-refractivity contribution in [1.82, 2.24) is 5.43 Å². The maximum absolute atomic E-state index is 11.8. The Morgan fingerprint density at radius 2 is 1.92 bits per heavy atom. The summed E-state index contributed by atoms with van der Waals surface area (Å²) < 4.78 is 5.40. The van der Waals surface area contributed by atoms with Crippen LogP contribution in [0.2, 0.25) is 5.02 Å². The molecule has 0 aromatic heterocycles. The first-order valence-electron chi connectivity index (χ1n) is 7.65. The highest BCUT2D eigenvalue weighted by Crippen LogP contribution is 2.15. The fourth-order valence-electron chi connectivity index (χ4n) is 1.86. The predicted molar refractivity (Wildman–Crippen MR) is 105 cm³/mol. The lowest BCUT2D eigenvalue weighted by Gasteiger charge is -2.03. The van der Waals surface area contributed by atoms with Crippen molar-refractivity contribution in [3.8, 4) is 5.75 Å². The number of nitrogens with one attached hydrogen (secondary N) is 1. The Hall–Kier alpha value is -2.24. The van der Waals surface area contributed by atoms with Crippen molar-refractivity contribution in [2.45, 2.75) is 5.75 Å². The first-order valence-corrected chi connectivity index (χ1v) is 9.18. The molecule has 0 aliphatic heterocycles. The fourth-order valence-corrected chi connectivity index (χ4v) is 2.76. The highest BCUT2D eigenvalue weighted by molar-refractivity contribution is 7.99. The molecule has 0 spiro atoms. The minimum atomic E-state index is -0.138. The highest BCUT2D eigenvalue weighted by atomic mass is 35.5. The van der Waals surface area contributed by atoms with E-state index in [9.17, 15) is 4.79 Å². The Balaban J connectivity index is 1.69. The molecule has 0 unspecified atom stereocenters. The van der Waals surface area contributed by atoms with Gasteiger partial charge in [0.05, 0.1) is 12.0 Å². The van der Waals surface area contributed by atoms with Crippen LogP contribution in [0.25, 0.3) is 0 Å². The molecule has 2 rings (SSSR count). The van der Waals surface area contributed by atoms with Crippen molar-refractivity contribution in [3.63, 3.8) is 0 Å². The first kappa shape index (κ1) is 19.1. The zero-order chi connectivity index (χ0) is 17.9. The van der Waals surface area contributed by atoms with E-state index in [0.29, 0.717) is 17.4 Å². The third-order valence-electron chi connectivity index (χ3n) is 3.07. The van der Waals surface area contributed by atoms with E-state index < -0.39 is 0 Å². The van der Waals surface area contributed by atoms with E-state index in [0.717, 1.165) is 22.6 Å². The van der Waals surface area contributed by atoms with Crippen molar-refractivity contribution in [2.24, 2.45) is 5.10 Å². The third kappa shape index (κ3) is 7.45.